The fourth-order valence-corrected chi connectivity index (χ4v) is 3.99. The van der Waals surface area contributed by atoms with Gasteiger partial charge in [0.15, 0.2) is 0 Å². The number of nitriles is 1. The zero-order chi connectivity index (χ0) is 21.4. The van der Waals surface area contributed by atoms with Crippen LogP contribution in [-0.4, -0.2) is 14.5 Å². The van der Waals surface area contributed by atoms with Crippen molar-refractivity contribution in [1.82, 2.24) is 14.5 Å². The molecule has 30 heavy (non-hydrogen) atoms. The van der Waals surface area contributed by atoms with Gasteiger partial charge in [0.05, 0.1) is 29.1 Å². The molecule has 2 N–H and O–H groups in total. The largest absolute Gasteiger partial charge is 0.398 e. The lowest BCUT2D eigenvalue weighted by Gasteiger charge is -2.12. The Bertz CT molecular complexity index is 1350. The lowest BCUT2D eigenvalue weighted by atomic mass is 10.1. The van der Waals surface area contributed by atoms with E-state index in [2.05, 4.69) is 16.0 Å². The second kappa shape index (κ2) is 7.65. The molecule has 0 bridgehead atoms. The Morgan fingerprint density at radius 2 is 1.97 bits per heavy atom. The molecule has 0 aliphatic rings. The van der Waals surface area contributed by atoms with Crippen LogP contribution < -0.4 is 11.3 Å². The van der Waals surface area contributed by atoms with Gasteiger partial charge in [-0.3, -0.25) is 9.36 Å². The van der Waals surface area contributed by atoms with Crippen molar-refractivity contribution in [3.8, 4) is 16.6 Å². The summed E-state index contributed by atoms with van der Waals surface area (Å²) >= 11 is 1.06. The smallest absolute Gasteiger partial charge is 0.281 e. The molecular weight excluding hydrogens is 408 g/mol. The molecular formula is C21H15F2N5OS. The molecule has 9 heteroatoms. The van der Waals surface area contributed by atoms with Gasteiger partial charge in [-0.15, -0.1) is 11.3 Å². The standard InChI is InChI=1S/C21H15F2N5OS/c1-11-26-17-7-14(20-27-18(10-30-20)19(22)23)16(25)6-15(17)21(29)28(11)9-13-4-2-12(8-24)3-5-13/h2-7,10,19H,9,25H2,1H3. The topological polar surface area (TPSA) is 97.6 Å². The van der Waals surface area contributed by atoms with Crippen LogP contribution >= 0.6 is 11.3 Å². The Balaban J connectivity index is 1.78. The maximum Gasteiger partial charge on any atom is 0.281 e. The number of halogens is 2. The number of alkyl halides is 2. The molecule has 0 aliphatic carbocycles. The van der Waals surface area contributed by atoms with Crippen molar-refractivity contribution >= 4 is 27.9 Å². The van der Waals surface area contributed by atoms with Crippen molar-refractivity contribution in [3.63, 3.8) is 0 Å². The van der Waals surface area contributed by atoms with Crippen LogP contribution in [-0.2, 0) is 6.54 Å². The van der Waals surface area contributed by atoms with Crippen LogP contribution in [0.25, 0.3) is 21.5 Å². The first-order valence-corrected chi connectivity index (χ1v) is 9.79. The first kappa shape index (κ1) is 19.7. The first-order valence-electron chi connectivity index (χ1n) is 8.91. The average Bonchev–Trinajstić information content (AvgIpc) is 3.22. The van der Waals surface area contributed by atoms with E-state index in [1.54, 1.807) is 37.3 Å². The number of hydrogen-bond acceptors (Lipinski definition) is 6. The van der Waals surface area contributed by atoms with E-state index in [9.17, 15) is 13.6 Å². The summed E-state index contributed by atoms with van der Waals surface area (Å²) in [5, 5.41) is 10.9. The summed E-state index contributed by atoms with van der Waals surface area (Å²) < 4.78 is 27.3. The summed E-state index contributed by atoms with van der Waals surface area (Å²) in [4.78, 5) is 21.5. The Morgan fingerprint density at radius 3 is 2.60 bits per heavy atom. The van der Waals surface area contributed by atoms with Crippen molar-refractivity contribution in [1.29, 1.82) is 5.26 Å². The highest BCUT2D eigenvalue weighted by atomic mass is 32.1. The zero-order valence-corrected chi connectivity index (χ0v) is 16.6. The van der Waals surface area contributed by atoms with Gasteiger partial charge in [-0.2, -0.15) is 5.26 Å². The number of anilines is 1. The molecule has 2 aromatic heterocycles. The van der Waals surface area contributed by atoms with E-state index in [1.807, 2.05) is 0 Å². The monoisotopic (exact) mass is 423 g/mol. The molecule has 2 aromatic carbocycles. The minimum absolute atomic E-state index is 0.257. The highest BCUT2D eigenvalue weighted by molar-refractivity contribution is 7.13. The van der Waals surface area contributed by atoms with E-state index in [4.69, 9.17) is 11.0 Å². The third-order valence-corrected chi connectivity index (χ3v) is 5.61. The second-order valence-corrected chi connectivity index (χ2v) is 7.55. The van der Waals surface area contributed by atoms with Crippen LogP contribution in [0.15, 0.2) is 46.6 Å². The van der Waals surface area contributed by atoms with Crippen LogP contribution in [0.4, 0.5) is 14.5 Å². The normalized spacial score (nSPS) is 11.2. The number of fused-ring (bicyclic) bond motifs is 1. The van der Waals surface area contributed by atoms with Gasteiger partial charge in [0.1, 0.15) is 16.5 Å². The number of hydrogen-bond donors (Lipinski definition) is 1. The Hall–Kier alpha value is -3.64. The van der Waals surface area contributed by atoms with Gasteiger partial charge in [0.2, 0.25) is 0 Å². The maximum atomic E-state index is 13.1. The molecule has 0 unspecified atom stereocenters. The molecule has 0 aliphatic heterocycles. The van der Waals surface area contributed by atoms with Gasteiger partial charge < -0.3 is 5.73 Å². The van der Waals surface area contributed by atoms with Gasteiger partial charge in [-0.25, -0.2) is 18.7 Å². The molecule has 0 saturated carbocycles. The van der Waals surface area contributed by atoms with Crippen molar-refractivity contribution < 1.29 is 8.78 Å². The van der Waals surface area contributed by atoms with Crippen LogP contribution in [0.1, 0.15) is 29.1 Å². The number of thiazole rings is 1. The Labute approximate surface area is 173 Å². The van der Waals surface area contributed by atoms with Crippen LogP contribution in [0, 0.1) is 18.3 Å². The quantitative estimate of drug-likeness (QED) is 0.495. The molecule has 4 rings (SSSR count). The summed E-state index contributed by atoms with van der Waals surface area (Å²) in [6.45, 7) is 2.02. The van der Waals surface area contributed by atoms with Crippen molar-refractivity contribution in [2.75, 3.05) is 5.73 Å². The summed E-state index contributed by atoms with van der Waals surface area (Å²) in [5.74, 6) is 0.500. The lowest BCUT2D eigenvalue weighted by Crippen LogP contribution is -2.24. The van der Waals surface area contributed by atoms with Crippen molar-refractivity contribution in [2.45, 2.75) is 19.9 Å². The van der Waals surface area contributed by atoms with Crippen LogP contribution in [0.2, 0.25) is 0 Å². The van der Waals surface area contributed by atoms with Crippen LogP contribution in [0.5, 0.6) is 0 Å². The molecule has 0 amide bonds. The highest BCUT2D eigenvalue weighted by Gasteiger charge is 2.17. The highest BCUT2D eigenvalue weighted by Crippen LogP contribution is 2.33. The molecule has 0 saturated heterocycles. The second-order valence-electron chi connectivity index (χ2n) is 6.69. The molecule has 0 spiro atoms. The van der Waals surface area contributed by atoms with Crippen molar-refractivity contribution in [2.24, 2.45) is 0 Å². The van der Waals surface area contributed by atoms with Crippen LogP contribution in [0.3, 0.4) is 0 Å². The molecule has 4 aromatic rings. The van der Waals surface area contributed by atoms with Crippen molar-refractivity contribution in [3.05, 3.63) is 74.8 Å². The number of nitrogen functional groups attached to an aromatic ring is 1. The van der Waals surface area contributed by atoms with E-state index >= 15 is 0 Å². The number of aromatic nitrogens is 3. The SMILES string of the molecule is Cc1nc2cc(-c3nc(C(F)F)cs3)c(N)cc2c(=O)n1Cc1ccc(C#N)cc1. The molecule has 0 radical (unpaired) electrons. The van der Waals surface area contributed by atoms with Gasteiger partial charge >= 0.3 is 0 Å². The minimum Gasteiger partial charge on any atom is -0.398 e. The predicted octanol–water partition coefficient (Wildman–Crippen LogP) is 4.27. The Kier molecular flexibility index (Phi) is 5.01. The fraction of sp³-hybridized carbons (Fsp3) is 0.143. The number of nitrogens with zero attached hydrogens (tertiary/aromatic N) is 4. The first-order chi connectivity index (χ1) is 14.4. The number of aryl methyl sites for hydroxylation is 1. The summed E-state index contributed by atoms with van der Waals surface area (Å²) in [6.07, 6.45) is -2.66. The molecule has 150 valence electrons. The molecule has 2 heterocycles. The minimum atomic E-state index is -2.66. The van der Waals surface area contributed by atoms with Gasteiger partial charge in [0.25, 0.3) is 12.0 Å². The molecule has 0 atom stereocenters. The van der Waals surface area contributed by atoms with E-state index < -0.39 is 6.43 Å². The van der Waals surface area contributed by atoms with E-state index in [0.717, 1.165) is 16.9 Å². The maximum absolute atomic E-state index is 13.1. The van der Waals surface area contributed by atoms with Gasteiger partial charge in [-0.05, 0) is 36.8 Å². The summed E-state index contributed by atoms with van der Waals surface area (Å²) in [6, 6.07) is 12.1. The Morgan fingerprint density at radius 1 is 1.23 bits per heavy atom. The summed E-state index contributed by atoms with van der Waals surface area (Å²) in [7, 11) is 0. The predicted molar refractivity (Wildman–Crippen MR) is 111 cm³/mol. The third-order valence-electron chi connectivity index (χ3n) is 4.72. The van der Waals surface area contributed by atoms with E-state index in [0.29, 0.717) is 39.4 Å². The van der Waals surface area contributed by atoms with Gasteiger partial charge in [0, 0.05) is 16.6 Å². The third kappa shape index (κ3) is 3.53. The summed E-state index contributed by atoms with van der Waals surface area (Å²) in [5.41, 5.74) is 8.10. The number of benzene rings is 2. The number of nitrogens with two attached hydrogens (primary N) is 1. The van der Waals surface area contributed by atoms with E-state index in [1.165, 1.54) is 16.0 Å². The fourth-order valence-electron chi connectivity index (χ4n) is 3.14. The zero-order valence-electron chi connectivity index (χ0n) is 15.8. The lowest BCUT2D eigenvalue weighted by molar-refractivity contribution is 0.147. The molecule has 6 nitrogen and oxygen atoms in total. The number of rotatable bonds is 4. The van der Waals surface area contributed by atoms with Gasteiger partial charge in [-0.1, -0.05) is 12.1 Å². The van der Waals surface area contributed by atoms with E-state index in [-0.39, 0.29) is 16.9 Å². The average molecular weight is 423 g/mol. The molecule has 0 fully saturated rings.